The first kappa shape index (κ1) is 13.2. The minimum atomic E-state index is 0.706. The summed E-state index contributed by atoms with van der Waals surface area (Å²) in [6.07, 6.45) is 1.70. The molecule has 100 valence electrons. The quantitative estimate of drug-likeness (QED) is 0.862. The van der Waals surface area contributed by atoms with Crippen molar-refractivity contribution in [3.63, 3.8) is 0 Å². The molecule has 0 fully saturated rings. The maximum absolute atomic E-state index is 5.73. The van der Waals surface area contributed by atoms with Crippen LogP contribution in [0.25, 0.3) is 0 Å². The molecule has 1 aromatic carbocycles. The van der Waals surface area contributed by atoms with E-state index in [4.69, 9.17) is 5.73 Å². The van der Waals surface area contributed by atoms with Crippen LogP contribution in [0, 0.1) is 0 Å². The number of aromatic nitrogens is 1. The van der Waals surface area contributed by atoms with E-state index in [0.717, 1.165) is 24.6 Å². The molecule has 0 saturated carbocycles. The minimum absolute atomic E-state index is 0.706. The Morgan fingerprint density at radius 1 is 1.11 bits per heavy atom. The standard InChI is InChI=1S/C15H20N4/c1-3-19(4-2)14-7-5-13(6-8-14)18-15-11-12(16)9-10-17-15/h5-11H,3-4H2,1-2H3,(H3,16,17,18). The third-order valence-corrected chi connectivity index (χ3v) is 3.05. The summed E-state index contributed by atoms with van der Waals surface area (Å²) >= 11 is 0. The number of nitrogens with two attached hydrogens (primary N) is 1. The summed E-state index contributed by atoms with van der Waals surface area (Å²) in [6.45, 7) is 6.35. The molecule has 2 rings (SSSR count). The fourth-order valence-corrected chi connectivity index (χ4v) is 2.01. The molecule has 0 unspecified atom stereocenters. The van der Waals surface area contributed by atoms with E-state index in [2.05, 4.69) is 53.3 Å². The molecule has 0 aliphatic carbocycles. The number of anilines is 4. The van der Waals surface area contributed by atoms with E-state index in [1.165, 1.54) is 5.69 Å². The fraction of sp³-hybridized carbons (Fsp3) is 0.267. The van der Waals surface area contributed by atoms with E-state index in [-0.39, 0.29) is 0 Å². The molecule has 0 aliphatic heterocycles. The van der Waals surface area contributed by atoms with E-state index in [1.54, 1.807) is 12.3 Å². The highest BCUT2D eigenvalue weighted by atomic mass is 15.1. The van der Waals surface area contributed by atoms with Gasteiger partial charge in [0.05, 0.1) is 0 Å². The molecule has 0 amide bonds. The zero-order valence-electron chi connectivity index (χ0n) is 11.4. The van der Waals surface area contributed by atoms with Crippen LogP contribution in [-0.2, 0) is 0 Å². The van der Waals surface area contributed by atoms with Crippen LogP contribution >= 0.6 is 0 Å². The average molecular weight is 256 g/mol. The molecule has 1 heterocycles. The number of rotatable bonds is 5. The van der Waals surface area contributed by atoms with Crippen molar-refractivity contribution in [3.05, 3.63) is 42.6 Å². The highest BCUT2D eigenvalue weighted by Crippen LogP contribution is 2.20. The van der Waals surface area contributed by atoms with Crippen molar-refractivity contribution in [1.29, 1.82) is 0 Å². The van der Waals surface area contributed by atoms with E-state index in [0.29, 0.717) is 5.69 Å². The van der Waals surface area contributed by atoms with Crippen LogP contribution in [0.15, 0.2) is 42.6 Å². The fourth-order valence-electron chi connectivity index (χ4n) is 2.01. The predicted molar refractivity (Wildman–Crippen MR) is 81.9 cm³/mol. The normalized spacial score (nSPS) is 10.2. The maximum atomic E-state index is 5.73. The Kier molecular flexibility index (Phi) is 4.23. The maximum Gasteiger partial charge on any atom is 0.132 e. The monoisotopic (exact) mass is 256 g/mol. The van der Waals surface area contributed by atoms with Gasteiger partial charge in [0.25, 0.3) is 0 Å². The van der Waals surface area contributed by atoms with Crippen molar-refractivity contribution in [3.8, 4) is 0 Å². The van der Waals surface area contributed by atoms with Gasteiger partial charge in [0.2, 0.25) is 0 Å². The second-order valence-corrected chi connectivity index (χ2v) is 4.32. The van der Waals surface area contributed by atoms with Gasteiger partial charge < -0.3 is 16.0 Å². The number of nitrogen functional groups attached to an aromatic ring is 1. The predicted octanol–water partition coefficient (Wildman–Crippen LogP) is 3.25. The summed E-state index contributed by atoms with van der Waals surface area (Å²) in [5, 5.41) is 3.24. The Bertz CT molecular complexity index is 518. The smallest absolute Gasteiger partial charge is 0.132 e. The van der Waals surface area contributed by atoms with Crippen LogP contribution in [0.5, 0.6) is 0 Å². The molecule has 1 aromatic heterocycles. The topological polar surface area (TPSA) is 54.2 Å². The van der Waals surface area contributed by atoms with Gasteiger partial charge in [-0.2, -0.15) is 0 Å². The summed E-state index contributed by atoms with van der Waals surface area (Å²) < 4.78 is 0. The number of nitrogens with one attached hydrogen (secondary N) is 1. The molecule has 4 nitrogen and oxygen atoms in total. The molecular formula is C15H20N4. The first-order valence-corrected chi connectivity index (χ1v) is 6.56. The molecule has 0 spiro atoms. The van der Waals surface area contributed by atoms with Crippen molar-refractivity contribution >= 4 is 22.9 Å². The van der Waals surface area contributed by atoms with Gasteiger partial charge in [-0.05, 0) is 44.2 Å². The van der Waals surface area contributed by atoms with E-state index in [1.807, 2.05) is 6.07 Å². The Morgan fingerprint density at radius 2 is 1.79 bits per heavy atom. The number of pyridine rings is 1. The lowest BCUT2D eigenvalue weighted by molar-refractivity contribution is 0.866. The van der Waals surface area contributed by atoms with Gasteiger partial charge in [0, 0.05) is 42.4 Å². The van der Waals surface area contributed by atoms with Crippen LogP contribution in [0.1, 0.15) is 13.8 Å². The van der Waals surface area contributed by atoms with Crippen LogP contribution in [0.2, 0.25) is 0 Å². The molecule has 4 heteroatoms. The summed E-state index contributed by atoms with van der Waals surface area (Å²) in [7, 11) is 0. The molecule has 2 aromatic rings. The van der Waals surface area contributed by atoms with Crippen LogP contribution in [0.4, 0.5) is 22.9 Å². The molecule has 0 bridgehead atoms. The van der Waals surface area contributed by atoms with Crippen LogP contribution in [-0.4, -0.2) is 18.1 Å². The van der Waals surface area contributed by atoms with Crippen molar-refractivity contribution in [2.24, 2.45) is 0 Å². The summed E-state index contributed by atoms with van der Waals surface area (Å²) in [6, 6.07) is 11.9. The largest absolute Gasteiger partial charge is 0.399 e. The highest BCUT2D eigenvalue weighted by Gasteiger charge is 2.02. The van der Waals surface area contributed by atoms with E-state index < -0.39 is 0 Å². The van der Waals surface area contributed by atoms with Gasteiger partial charge in [0.1, 0.15) is 5.82 Å². The lowest BCUT2D eigenvalue weighted by atomic mass is 10.2. The average Bonchev–Trinajstić information content (AvgIpc) is 2.42. The molecule has 3 N–H and O–H groups in total. The molecule has 0 aliphatic rings. The number of hydrogen-bond donors (Lipinski definition) is 2. The second-order valence-electron chi connectivity index (χ2n) is 4.32. The Morgan fingerprint density at radius 3 is 2.37 bits per heavy atom. The highest BCUT2D eigenvalue weighted by molar-refractivity contribution is 5.62. The number of hydrogen-bond acceptors (Lipinski definition) is 4. The zero-order chi connectivity index (χ0) is 13.7. The van der Waals surface area contributed by atoms with Crippen molar-refractivity contribution in [2.75, 3.05) is 29.0 Å². The van der Waals surface area contributed by atoms with Gasteiger partial charge in [-0.15, -0.1) is 0 Å². The molecule has 19 heavy (non-hydrogen) atoms. The van der Waals surface area contributed by atoms with Gasteiger partial charge in [-0.3, -0.25) is 0 Å². The number of nitrogens with zero attached hydrogens (tertiary/aromatic N) is 2. The third kappa shape index (κ3) is 3.37. The van der Waals surface area contributed by atoms with Crippen molar-refractivity contribution < 1.29 is 0 Å². The summed E-state index contributed by atoms with van der Waals surface area (Å²) in [5.74, 6) is 0.760. The first-order chi connectivity index (χ1) is 9.22. The lowest BCUT2D eigenvalue weighted by Gasteiger charge is -2.21. The first-order valence-electron chi connectivity index (χ1n) is 6.56. The van der Waals surface area contributed by atoms with Crippen LogP contribution < -0.4 is 16.0 Å². The molecular weight excluding hydrogens is 236 g/mol. The van der Waals surface area contributed by atoms with Gasteiger partial charge >= 0.3 is 0 Å². The lowest BCUT2D eigenvalue weighted by Crippen LogP contribution is -2.21. The zero-order valence-corrected chi connectivity index (χ0v) is 11.4. The van der Waals surface area contributed by atoms with Gasteiger partial charge in [-0.1, -0.05) is 0 Å². The van der Waals surface area contributed by atoms with E-state index >= 15 is 0 Å². The van der Waals surface area contributed by atoms with Crippen molar-refractivity contribution in [1.82, 2.24) is 4.98 Å². The molecule has 0 atom stereocenters. The summed E-state index contributed by atoms with van der Waals surface area (Å²) in [4.78, 5) is 6.53. The Balaban J connectivity index is 2.10. The van der Waals surface area contributed by atoms with Crippen molar-refractivity contribution in [2.45, 2.75) is 13.8 Å². The van der Waals surface area contributed by atoms with Crippen LogP contribution in [0.3, 0.4) is 0 Å². The molecule has 0 radical (unpaired) electrons. The van der Waals surface area contributed by atoms with E-state index in [9.17, 15) is 0 Å². The third-order valence-electron chi connectivity index (χ3n) is 3.05. The SMILES string of the molecule is CCN(CC)c1ccc(Nc2cc(N)ccn2)cc1. The second kappa shape index (κ2) is 6.09. The summed E-state index contributed by atoms with van der Waals surface area (Å²) in [5.41, 5.74) is 8.67. The Labute approximate surface area is 114 Å². The van der Waals surface area contributed by atoms with Gasteiger partial charge in [0.15, 0.2) is 0 Å². The number of benzene rings is 1. The molecule has 0 saturated heterocycles. The Hall–Kier alpha value is -2.23. The van der Waals surface area contributed by atoms with Gasteiger partial charge in [-0.25, -0.2) is 4.98 Å². The minimum Gasteiger partial charge on any atom is -0.399 e.